The smallest absolute Gasteiger partial charge is 0.238 e. The maximum absolute atomic E-state index is 15.2. The van der Waals surface area contributed by atoms with Crippen LogP contribution >= 0.6 is 0 Å². The Morgan fingerprint density at radius 1 is 1.09 bits per heavy atom. The number of hydrogen-bond donors (Lipinski definition) is 1. The molecule has 1 aliphatic heterocycles. The molecule has 0 atom stereocenters. The lowest BCUT2D eigenvalue weighted by Gasteiger charge is -2.35. The van der Waals surface area contributed by atoms with E-state index in [1.54, 1.807) is 24.4 Å². The molecule has 2 heterocycles. The molecular formula is C25H21F2N3O4. The van der Waals surface area contributed by atoms with Crippen LogP contribution in [0.1, 0.15) is 34.3 Å². The third-order valence-electron chi connectivity index (χ3n) is 6.56. The summed E-state index contributed by atoms with van der Waals surface area (Å²) in [5.41, 5.74) is 8.04. The number of nitrogens with two attached hydrogens (primary N) is 1. The van der Waals surface area contributed by atoms with Crippen molar-refractivity contribution in [3.63, 3.8) is 0 Å². The first-order chi connectivity index (χ1) is 16.3. The zero-order valence-corrected chi connectivity index (χ0v) is 18.5. The van der Waals surface area contributed by atoms with Gasteiger partial charge in [0.2, 0.25) is 5.91 Å². The number of nitrogens with zero attached hydrogens (tertiary/aromatic N) is 2. The monoisotopic (exact) mass is 465 g/mol. The number of pyridine rings is 1. The average molecular weight is 465 g/mol. The molecule has 1 amide bonds. The Labute approximate surface area is 194 Å². The molecular weight excluding hydrogens is 444 g/mol. The van der Waals surface area contributed by atoms with Gasteiger partial charge < -0.3 is 20.1 Å². The fraction of sp³-hybridized carbons (Fsp3) is 0.240. The van der Waals surface area contributed by atoms with Crippen molar-refractivity contribution < 1.29 is 27.8 Å². The van der Waals surface area contributed by atoms with Gasteiger partial charge in [-0.3, -0.25) is 14.6 Å². The van der Waals surface area contributed by atoms with Gasteiger partial charge in [-0.2, -0.15) is 0 Å². The molecule has 34 heavy (non-hydrogen) atoms. The number of ether oxygens (including phenoxy) is 2. The molecule has 5 rings (SSSR count). The van der Waals surface area contributed by atoms with E-state index in [4.69, 9.17) is 15.2 Å². The summed E-state index contributed by atoms with van der Waals surface area (Å²) in [6.07, 6.45) is 3.39. The third-order valence-corrected chi connectivity index (χ3v) is 6.56. The van der Waals surface area contributed by atoms with Crippen molar-refractivity contribution >= 4 is 23.6 Å². The quantitative estimate of drug-likeness (QED) is 0.452. The van der Waals surface area contributed by atoms with Gasteiger partial charge in [0.05, 0.1) is 31.9 Å². The van der Waals surface area contributed by atoms with Crippen LogP contribution in [0.25, 0.3) is 11.3 Å². The lowest BCUT2D eigenvalue weighted by molar-refractivity contribution is -0.121. The lowest BCUT2D eigenvalue weighted by Crippen LogP contribution is -2.45. The summed E-state index contributed by atoms with van der Waals surface area (Å²) in [5, 5.41) is 0. The second-order valence-corrected chi connectivity index (χ2v) is 8.42. The maximum Gasteiger partial charge on any atom is 0.238 e. The Morgan fingerprint density at radius 3 is 2.32 bits per heavy atom. The molecule has 174 valence electrons. The summed E-state index contributed by atoms with van der Waals surface area (Å²) >= 11 is 0. The largest absolute Gasteiger partial charge is 0.493 e. The van der Waals surface area contributed by atoms with Crippen LogP contribution in [0.2, 0.25) is 0 Å². The Hall–Kier alpha value is -4.01. The number of aldehydes is 1. The third kappa shape index (κ3) is 3.11. The number of amides is 1. The molecule has 7 nitrogen and oxygen atoms in total. The van der Waals surface area contributed by atoms with E-state index in [-0.39, 0.29) is 24.0 Å². The number of benzene rings is 2. The topological polar surface area (TPSA) is 94.8 Å². The number of nitrogen functional groups attached to an aromatic ring is 1. The van der Waals surface area contributed by atoms with E-state index in [0.29, 0.717) is 47.2 Å². The number of rotatable bonds is 5. The van der Waals surface area contributed by atoms with E-state index in [0.717, 1.165) is 16.5 Å². The molecule has 0 saturated heterocycles. The summed E-state index contributed by atoms with van der Waals surface area (Å²) in [6.45, 7) is -0.0560. The summed E-state index contributed by atoms with van der Waals surface area (Å²) in [7, 11) is 2.52. The molecule has 1 spiro atoms. The van der Waals surface area contributed by atoms with Crippen molar-refractivity contribution in [1.29, 1.82) is 0 Å². The molecule has 1 saturated carbocycles. The molecule has 0 radical (unpaired) electrons. The van der Waals surface area contributed by atoms with E-state index in [2.05, 4.69) is 4.98 Å². The van der Waals surface area contributed by atoms with E-state index in [9.17, 15) is 9.59 Å². The van der Waals surface area contributed by atoms with Crippen LogP contribution in [0.5, 0.6) is 11.5 Å². The standard InChI is InChI=1S/C25H21F2N3O4/c1-33-19-9-20(34-2)22(27)23(21(19)26)30-11-15-10-29-18(8-16(15)25(5-6-25)24(30)32)13-3-4-14(12-31)17(28)7-13/h3-4,7-10,12H,5-6,11,28H2,1-2H3. The highest BCUT2D eigenvalue weighted by Crippen LogP contribution is 2.55. The van der Waals surface area contributed by atoms with Crippen LogP contribution in [0.3, 0.4) is 0 Å². The van der Waals surface area contributed by atoms with E-state index in [1.165, 1.54) is 14.2 Å². The van der Waals surface area contributed by atoms with Gasteiger partial charge in [0.15, 0.2) is 29.4 Å². The molecule has 0 unspecified atom stereocenters. The predicted molar refractivity (Wildman–Crippen MR) is 121 cm³/mol. The van der Waals surface area contributed by atoms with Gasteiger partial charge in [-0.15, -0.1) is 0 Å². The van der Waals surface area contributed by atoms with Crippen LogP contribution in [-0.2, 0) is 16.8 Å². The van der Waals surface area contributed by atoms with Crippen molar-refractivity contribution in [2.75, 3.05) is 24.9 Å². The SMILES string of the molecule is COc1cc(OC)c(F)c(N2Cc3cnc(-c4ccc(C=O)c(N)c4)cc3C3(CC3)C2=O)c1F. The van der Waals surface area contributed by atoms with E-state index < -0.39 is 22.7 Å². The summed E-state index contributed by atoms with van der Waals surface area (Å²) in [4.78, 5) is 30.3. The van der Waals surface area contributed by atoms with Gasteiger partial charge in [-0.25, -0.2) is 8.78 Å². The second-order valence-electron chi connectivity index (χ2n) is 8.42. The second kappa shape index (κ2) is 7.79. The van der Waals surface area contributed by atoms with Crippen molar-refractivity contribution in [2.24, 2.45) is 0 Å². The Balaban J connectivity index is 1.61. The fourth-order valence-electron chi connectivity index (χ4n) is 4.57. The zero-order valence-electron chi connectivity index (χ0n) is 18.5. The molecule has 2 aliphatic rings. The molecule has 2 N–H and O–H groups in total. The molecule has 2 aromatic carbocycles. The number of methoxy groups -OCH3 is 2. The van der Waals surface area contributed by atoms with Crippen LogP contribution in [0.15, 0.2) is 36.5 Å². The summed E-state index contributed by atoms with van der Waals surface area (Å²) in [5.74, 6) is -2.77. The van der Waals surface area contributed by atoms with Gasteiger partial charge in [-0.05, 0) is 42.2 Å². The molecule has 3 aromatic rings. The van der Waals surface area contributed by atoms with Gasteiger partial charge in [0, 0.05) is 29.1 Å². The lowest BCUT2D eigenvalue weighted by atomic mass is 9.85. The Bertz CT molecular complexity index is 1330. The Morgan fingerprint density at radius 2 is 1.76 bits per heavy atom. The van der Waals surface area contributed by atoms with E-state index in [1.807, 2.05) is 6.07 Å². The zero-order chi connectivity index (χ0) is 24.2. The van der Waals surface area contributed by atoms with Gasteiger partial charge in [0.1, 0.15) is 5.69 Å². The average Bonchev–Trinajstić information content (AvgIpc) is 3.64. The number of fused-ring (bicyclic) bond motifs is 2. The van der Waals surface area contributed by atoms with Crippen LogP contribution in [-0.4, -0.2) is 31.4 Å². The van der Waals surface area contributed by atoms with Gasteiger partial charge >= 0.3 is 0 Å². The van der Waals surface area contributed by atoms with Crippen molar-refractivity contribution in [3.05, 3.63) is 64.9 Å². The van der Waals surface area contributed by atoms with Crippen LogP contribution in [0, 0.1) is 11.6 Å². The predicted octanol–water partition coefficient (Wildman–Crippen LogP) is 4.02. The summed E-state index contributed by atoms with van der Waals surface area (Å²) in [6, 6.07) is 7.94. The van der Waals surface area contributed by atoms with Gasteiger partial charge in [0.25, 0.3) is 0 Å². The molecule has 1 aromatic heterocycles. The number of carbonyl (C=O) groups excluding carboxylic acids is 2. The first-order valence-electron chi connectivity index (χ1n) is 10.6. The van der Waals surface area contributed by atoms with Crippen molar-refractivity contribution in [2.45, 2.75) is 24.8 Å². The highest BCUT2D eigenvalue weighted by atomic mass is 19.1. The minimum absolute atomic E-state index is 0.0560. The first kappa shape index (κ1) is 21.8. The highest BCUT2D eigenvalue weighted by molar-refractivity contribution is 6.05. The van der Waals surface area contributed by atoms with Crippen LogP contribution < -0.4 is 20.1 Å². The molecule has 1 aliphatic carbocycles. The number of carbonyl (C=O) groups is 2. The molecule has 0 bridgehead atoms. The van der Waals surface area contributed by atoms with Crippen LogP contribution in [0.4, 0.5) is 20.2 Å². The molecule has 1 fully saturated rings. The highest BCUT2D eigenvalue weighted by Gasteiger charge is 2.57. The number of hydrogen-bond acceptors (Lipinski definition) is 6. The number of halogens is 2. The number of anilines is 2. The fourth-order valence-corrected chi connectivity index (χ4v) is 4.57. The number of aromatic nitrogens is 1. The minimum Gasteiger partial charge on any atom is -0.493 e. The van der Waals surface area contributed by atoms with Crippen molar-refractivity contribution in [3.8, 4) is 22.8 Å². The minimum atomic E-state index is -0.969. The van der Waals surface area contributed by atoms with Crippen molar-refractivity contribution in [1.82, 2.24) is 4.98 Å². The molecule has 9 heteroatoms. The Kier molecular flexibility index (Phi) is 5.00. The first-order valence-corrected chi connectivity index (χ1v) is 10.6. The maximum atomic E-state index is 15.2. The van der Waals surface area contributed by atoms with Gasteiger partial charge in [-0.1, -0.05) is 6.07 Å². The normalized spacial score (nSPS) is 15.8. The van der Waals surface area contributed by atoms with E-state index >= 15 is 8.78 Å². The summed E-state index contributed by atoms with van der Waals surface area (Å²) < 4.78 is 40.4.